The molecular weight excluding hydrogens is 369 g/mol. The Hall–Kier alpha value is -3.09. The molecule has 1 atom stereocenters. The molecule has 0 unspecified atom stereocenters. The van der Waals surface area contributed by atoms with Crippen LogP contribution in [0.3, 0.4) is 0 Å². The first-order valence-electron chi connectivity index (χ1n) is 8.69. The number of hydrogen-bond donors (Lipinski definition) is 0. The third kappa shape index (κ3) is 3.78. The number of aromatic nitrogens is 2. The second-order valence-electron chi connectivity index (χ2n) is 6.59. The Morgan fingerprint density at radius 2 is 1.86 bits per heavy atom. The number of carbonyl (C=O) groups excluding carboxylic acids is 1. The molecule has 0 N–H and O–H groups in total. The second kappa shape index (κ2) is 7.88. The normalized spacial score (nSPS) is 12.1. The highest BCUT2D eigenvalue weighted by Crippen LogP contribution is 2.27. The van der Waals surface area contributed by atoms with Crippen molar-refractivity contribution in [1.29, 1.82) is 0 Å². The minimum absolute atomic E-state index is 0.00833. The number of aryl methyl sites for hydroxylation is 1. The Bertz CT molecular complexity index is 1010. The maximum Gasteiger partial charge on any atom is 0.419 e. The average molecular weight is 388 g/mol. The summed E-state index contributed by atoms with van der Waals surface area (Å²) in [5.74, 6) is -3.93. The largest absolute Gasteiger partial charge is 0.444 e. The lowest BCUT2D eigenvalue weighted by molar-refractivity contribution is 0.140. The highest BCUT2D eigenvalue weighted by molar-refractivity contribution is 5.71. The Kier molecular flexibility index (Phi) is 5.53. The lowest BCUT2D eigenvalue weighted by atomic mass is 9.93. The van der Waals surface area contributed by atoms with Crippen molar-refractivity contribution in [2.24, 2.45) is 0 Å². The van der Waals surface area contributed by atoms with Crippen LogP contribution in [0, 0.1) is 31.3 Å². The molecule has 0 aliphatic rings. The summed E-state index contributed by atoms with van der Waals surface area (Å²) < 4.78 is 46.0. The van der Waals surface area contributed by atoms with Gasteiger partial charge in [-0.15, -0.1) is 0 Å². The molecule has 7 heteroatoms. The van der Waals surface area contributed by atoms with Crippen LogP contribution >= 0.6 is 0 Å². The van der Waals surface area contributed by atoms with Crippen molar-refractivity contribution in [3.63, 3.8) is 0 Å². The van der Waals surface area contributed by atoms with Gasteiger partial charge in [-0.05, 0) is 48.2 Å². The molecule has 146 valence electrons. The molecule has 1 aromatic heterocycles. The van der Waals surface area contributed by atoms with Gasteiger partial charge < -0.3 is 4.74 Å². The maximum atomic E-state index is 13.3. The molecule has 2 aromatic carbocycles. The van der Waals surface area contributed by atoms with Gasteiger partial charge in [0.15, 0.2) is 17.5 Å². The summed E-state index contributed by atoms with van der Waals surface area (Å²) in [6.45, 7) is 5.54. The minimum atomic E-state index is -1.56. The van der Waals surface area contributed by atoms with E-state index >= 15 is 0 Å². The number of benzene rings is 2. The van der Waals surface area contributed by atoms with Crippen molar-refractivity contribution in [2.45, 2.75) is 33.3 Å². The van der Waals surface area contributed by atoms with Crippen molar-refractivity contribution in [1.82, 2.24) is 9.55 Å². The van der Waals surface area contributed by atoms with Crippen LogP contribution < -0.4 is 0 Å². The molecule has 0 bridgehead atoms. The molecule has 28 heavy (non-hydrogen) atoms. The van der Waals surface area contributed by atoms with Crippen LogP contribution in [0.5, 0.6) is 0 Å². The van der Waals surface area contributed by atoms with E-state index in [-0.39, 0.29) is 11.5 Å². The fourth-order valence-corrected chi connectivity index (χ4v) is 3.08. The number of rotatable bonds is 4. The predicted octanol–water partition coefficient (Wildman–Crippen LogP) is 5.25. The molecule has 0 aliphatic carbocycles. The fraction of sp³-hybridized carbons (Fsp3) is 0.238. The molecule has 0 aliphatic heterocycles. The van der Waals surface area contributed by atoms with Crippen molar-refractivity contribution >= 4 is 6.09 Å². The van der Waals surface area contributed by atoms with Gasteiger partial charge >= 0.3 is 6.09 Å². The molecule has 0 radical (unpaired) electrons. The molecular formula is C21H19F3N2O2. The number of nitrogens with zero attached hydrogens (tertiary/aromatic N) is 2. The van der Waals surface area contributed by atoms with Crippen molar-refractivity contribution in [2.75, 3.05) is 0 Å². The summed E-state index contributed by atoms with van der Waals surface area (Å²) in [4.78, 5) is 16.7. The SMILES string of the molecule is Cc1cccc([C@H](C)c2nccn2C(=O)OCc2cc(F)c(F)c(F)c2)c1C. The van der Waals surface area contributed by atoms with Gasteiger partial charge in [0, 0.05) is 18.3 Å². The summed E-state index contributed by atoms with van der Waals surface area (Å²) in [5.41, 5.74) is 3.28. The van der Waals surface area contributed by atoms with E-state index < -0.39 is 30.2 Å². The quantitative estimate of drug-likeness (QED) is 0.573. The number of halogens is 3. The van der Waals surface area contributed by atoms with Gasteiger partial charge in [-0.2, -0.15) is 0 Å². The average Bonchev–Trinajstić information content (AvgIpc) is 3.15. The number of imidazole rings is 1. The van der Waals surface area contributed by atoms with E-state index in [1.807, 2.05) is 39.0 Å². The van der Waals surface area contributed by atoms with Crippen molar-refractivity contribution in [3.8, 4) is 0 Å². The molecule has 0 fully saturated rings. The van der Waals surface area contributed by atoms with E-state index in [1.165, 1.54) is 17.0 Å². The van der Waals surface area contributed by atoms with Crippen LogP contribution in [0.15, 0.2) is 42.7 Å². The number of carbonyl (C=O) groups is 1. The number of ether oxygens (including phenoxy) is 1. The zero-order valence-corrected chi connectivity index (χ0v) is 15.7. The fourth-order valence-electron chi connectivity index (χ4n) is 3.08. The Balaban J connectivity index is 1.79. The Labute approximate surface area is 160 Å². The van der Waals surface area contributed by atoms with Crippen LogP contribution in [0.25, 0.3) is 0 Å². The van der Waals surface area contributed by atoms with Crippen LogP contribution in [0.4, 0.5) is 18.0 Å². The van der Waals surface area contributed by atoms with Crippen molar-refractivity contribution < 1.29 is 22.7 Å². The van der Waals surface area contributed by atoms with Gasteiger partial charge in [0.1, 0.15) is 12.4 Å². The second-order valence-corrected chi connectivity index (χ2v) is 6.59. The van der Waals surface area contributed by atoms with E-state index in [1.54, 1.807) is 0 Å². The lowest BCUT2D eigenvalue weighted by Crippen LogP contribution is -2.18. The first-order chi connectivity index (χ1) is 13.3. The third-order valence-corrected chi connectivity index (χ3v) is 4.77. The van der Waals surface area contributed by atoms with Gasteiger partial charge in [-0.1, -0.05) is 25.1 Å². The molecule has 3 rings (SSSR count). The van der Waals surface area contributed by atoms with E-state index in [2.05, 4.69) is 4.98 Å². The summed E-state index contributed by atoms with van der Waals surface area (Å²) in [5, 5.41) is 0. The first-order valence-corrected chi connectivity index (χ1v) is 8.69. The molecule has 4 nitrogen and oxygen atoms in total. The molecule has 1 heterocycles. The minimum Gasteiger partial charge on any atom is -0.444 e. The molecule has 0 saturated heterocycles. The highest BCUT2D eigenvalue weighted by Gasteiger charge is 2.21. The number of hydrogen-bond acceptors (Lipinski definition) is 3. The summed E-state index contributed by atoms with van der Waals surface area (Å²) in [6, 6.07) is 7.50. The topological polar surface area (TPSA) is 44.1 Å². The van der Waals surface area contributed by atoms with E-state index in [9.17, 15) is 18.0 Å². The Morgan fingerprint density at radius 1 is 1.18 bits per heavy atom. The zero-order valence-electron chi connectivity index (χ0n) is 15.7. The van der Waals surface area contributed by atoms with Gasteiger partial charge in [-0.3, -0.25) is 0 Å². The first kappa shape index (κ1) is 19.7. The zero-order chi connectivity index (χ0) is 20.4. The summed E-state index contributed by atoms with van der Waals surface area (Å²) in [6.07, 6.45) is 2.20. The van der Waals surface area contributed by atoms with Crippen LogP contribution in [-0.4, -0.2) is 15.6 Å². The maximum absolute atomic E-state index is 13.3. The lowest BCUT2D eigenvalue weighted by Gasteiger charge is -2.17. The summed E-state index contributed by atoms with van der Waals surface area (Å²) in [7, 11) is 0. The van der Waals surface area contributed by atoms with Crippen LogP contribution in [0.1, 0.15) is 40.9 Å². The van der Waals surface area contributed by atoms with Crippen LogP contribution in [0.2, 0.25) is 0 Å². The highest BCUT2D eigenvalue weighted by atomic mass is 19.2. The van der Waals surface area contributed by atoms with E-state index in [0.29, 0.717) is 5.82 Å². The predicted molar refractivity (Wildman–Crippen MR) is 97.6 cm³/mol. The summed E-state index contributed by atoms with van der Waals surface area (Å²) >= 11 is 0. The van der Waals surface area contributed by atoms with Crippen LogP contribution in [-0.2, 0) is 11.3 Å². The smallest absolute Gasteiger partial charge is 0.419 e. The molecule has 3 aromatic rings. The van der Waals surface area contributed by atoms with Gasteiger partial charge in [-0.25, -0.2) is 27.5 Å². The van der Waals surface area contributed by atoms with Crippen molar-refractivity contribution in [3.05, 3.63) is 88.3 Å². The third-order valence-electron chi connectivity index (χ3n) is 4.77. The molecule has 0 spiro atoms. The molecule has 0 amide bonds. The van der Waals surface area contributed by atoms with E-state index in [0.717, 1.165) is 28.8 Å². The van der Waals surface area contributed by atoms with E-state index in [4.69, 9.17) is 4.74 Å². The van der Waals surface area contributed by atoms with Gasteiger partial charge in [0.25, 0.3) is 0 Å². The standard InChI is InChI=1S/C21H19F3N2O2/c1-12-5-4-6-16(13(12)2)14(3)20-25-7-8-26(20)21(27)28-11-15-9-17(22)19(24)18(23)10-15/h4-10,14H,11H2,1-3H3/t14-/m0/s1. The van der Waals surface area contributed by atoms with Gasteiger partial charge in [0.2, 0.25) is 0 Å². The monoisotopic (exact) mass is 388 g/mol. The molecule has 0 saturated carbocycles. The van der Waals surface area contributed by atoms with Gasteiger partial charge in [0.05, 0.1) is 0 Å². The Morgan fingerprint density at radius 3 is 2.54 bits per heavy atom.